The maximum atomic E-state index is 13.4. The number of aliphatic hydroxyl groups is 1. The second-order valence-corrected chi connectivity index (χ2v) is 14.7. The minimum atomic E-state index is -0.424. The van der Waals surface area contributed by atoms with Crippen LogP contribution in [0.25, 0.3) is 5.65 Å². The fourth-order valence-electron chi connectivity index (χ4n) is 6.20. The van der Waals surface area contributed by atoms with Gasteiger partial charge in [0.2, 0.25) is 5.82 Å². The van der Waals surface area contributed by atoms with Crippen LogP contribution in [0, 0.1) is 5.92 Å². The first kappa shape index (κ1) is 32.4. The van der Waals surface area contributed by atoms with Crippen molar-refractivity contribution in [3.05, 3.63) is 77.1 Å². The van der Waals surface area contributed by atoms with Crippen molar-refractivity contribution < 1.29 is 19.4 Å². The van der Waals surface area contributed by atoms with E-state index in [9.17, 15) is 14.7 Å². The average Bonchev–Trinajstić information content (AvgIpc) is 3.43. The summed E-state index contributed by atoms with van der Waals surface area (Å²) in [6.07, 6.45) is 4.55. The number of carbonyl (C=O) groups is 2. The first-order valence-corrected chi connectivity index (χ1v) is 16.3. The lowest BCUT2D eigenvalue weighted by Crippen LogP contribution is -2.46. The SMILES string of the molecule is CC(C)(C)c1cc(NC(=O)N[C@H]2CC[C@@H](Oc3ccc4nnc(C(C)(C)C)n4c3)c3ccccc32)nc(C(=O)N[C@H]2C[C@H](CO)C2)n1. The first-order chi connectivity index (χ1) is 22.3. The van der Waals surface area contributed by atoms with E-state index >= 15 is 0 Å². The molecule has 0 radical (unpaired) electrons. The predicted octanol–water partition coefficient (Wildman–Crippen LogP) is 5.39. The van der Waals surface area contributed by atoms with E-state index in [1.54, 1.807) is 6.07 Å². The van der Waals surface area contributed by atoms with Crippen molar-refractivity contribution in [3.63, 3.8) is 0 Å². The summed E-state index contributed by atoms with van der Waals surface area (Å²) in [6, 6.07) is 12.8. The van der Waals surface area contributed by atoms with Crippen LogP contribution < -0.4 is 20.7 Å². The van der Waals surface area contributed by atoms with Gasteiger partial charge in [0, 0.05) is 29.5 Å². The molecule has 0 aliphatic heterocycles. The highest BCUT2D eigenvalue weighted by molar-refractivity contribution is 5.93. The number of nitrogens with zero attached hydrogens (tertiary/aromatic N) is 5. The largest absolute Gasteiger partial charge is 0.484 e. The summed E-state index contributed by atoms with van der Waals surface area (Å²) in [5, 5.41) is 26.9. The zero-order valence-electron chi connectivity index (χ0n) is 27.9. The lowest BCUT2D eigenvalue weighted by Gasteiger charge is -2.34. The minimum Gasteiger partial charge on any atom is -0.484 e. The third-order valence-electron chi connectivity index (χ3n) is 8.83. The van der Waals surface area contributed by atoms with Gasteiger partial charge in [-0.2, -0.15) is 0 Å². The van der Waals surface area contributed by atoms with E-state index in [0.717, 1.165) is 41.2 Å². The molecule has 12 nitrogen and oxygen atoms in total. The lowest BCUT2D eigenvalue weighted by molar-refractivity contribution is 0.0822. The van der Waals surface area contributed by atoms with Crippen LogP contribution in [0.4, 0.5) is 10.6 Å². The van der Waals surface area contributed by atoms with Gasteiger partial charge in [0.05, 0.1) is 17.9 Å². The zero-order valence-corrected chi connectivity index (χ0v) is 27.9. The molecule has 4 aromatic rings. The summed E-state index contributed by atoms with van der Waals surface area (Å²) in [7, 11) is 0. The van der Waals surface area contributed by atoms with Crippen molar-refractivity contribution in [2.75, 3.05) is 11.9 Å². The summed E-state index contributed by atoms with van der Waals surface area (Å²) < 4.78 is 8.51. The number of hydrogen-bond acceptors (Lipinski definition) is 8. The smallest absolute Gasteiger partial charge is 0.320 e. The van der Waals surface area contributed by atoms with Gasteiger partial charge >= 0.3 is 6.03 Å². The summed E-state index contributed by atoms with van der Waals surface area (Å²) in [4.78, 5) is 35.3. The highest BCUT2D eigenvalue weighted by Gasteiger charge is 2.32. The van der Waals surface area contributed by atoms with E-state index in [1.165, 1.54) is 0 Å². The predicted molar refractivity (Wildman–Crippen MR) is 177 cm³/mol. The third-order valence-corrected chi connectivity index (χ3v) is 8.83. The Morgan fingerprint density at radius 1 is 0.936 bits per heavy atom. The molecule has 0 bridgehead atoms. The van der Waals surface area contributed by atoms with Crippen molar-refractivity contribution >= 4 is 23.4 Å². The summed E-state index contributed by atoms with van der Waals surface area (Å²) in [5.41, 5.74) is 2.84. The van der Waals surface area contributed by atoms with Gasteiger partial charge in [-0.1, -0.05) is 65.8 Å². The van der Waals surface area contributed by atoms with Crippen LogP contribution in [0.5, 0.6) is 5.75 Å². The van der Waals surface area contributed by atoms with Crippen molar-refractivity contribution in [2.24, 2.45) is 5.92 Å². The third kappa shape index (κ3) is 7.07. The van der Waals surface area contributed by atoms with Crippen LogP contribution in [0.1, 0.15) is 113 Å². The monoisotopic (exact) mass is 640 g/mol. The Labute approximate surface area is 274 Å². The van der Waals surface area contributed by atoms with Crippen molar-refractivity contribution in [3.8, 4) is 5.75 Å². The maximum Gasteiger partial charge on any atom is 0.320 e. The molecular weight excluding hydrogens is 596 g/mol. The zero-order chi connectivity index (χ0) is 33.5. The molecule has 47 heavy (non-hydrogen) atoms. The Hall–Kier alpha value is -4.58. The standard InChI is InChI=1S/C35H44N8O4/c1-34(2,3)27-17-28(39-30(38-27)31(45)36-21-15-20(16-21)19-44)40-33(46)37-25-12-13-26(24-10-8-7-9-23(24)25)47-22-11-14-29-41-42-32(35(4,5)6)43(29)18-22/h7-11,14,17-18,20-21,25-26,44H,12-13,15-16,19H2,1-6H3,(H,36,45)(H2,37,38,39,40,46)/t20-,21-,25-,26+/m0/s1. The summed E-state index contributed by atoms with van der Waals surface area (Å²) in [6.45, 7) is 12.4. The number of amides is 3. The molecule has 12 heteroatoms. The van der Waals surface area contributed by atoms with Crippen LogP contribution in [0.15, 0.2) is 48.7 Å². The van der Waals surface area contributed by atoms with Gasteiger partial charge in [-0.15, -0.1) is 10.2 Å². The van der Waals surface area contributed by atoms with Crippen LogP contribution in [-0.4, -0.2) is 54.3 Å². The Morgan fingerprint density at radius 2 is 1.68 bits per heavy atom. The highest BCUT2D eigenvalue weighted by atomic mass is 16.5. The number of hydrogen-bond donors (Lipinski definition) is 4. The minimum absolute atomic E-state index is 0.00228. The van der Waals surface area contributed by atoms with Gasteiger partial charge in [0.25, 0.3) is 5.91 Å². The Bertz CT molecular complexity index is 1780. The van der Waals surface area contributed by atoms with Gasteiger partial charge in [0.15, 0.2) is 5.65 Å². The highest BCUT2D eigenvalue weighted by Crippen LogP contribution is 2.39. The van der Waals surface area contributed by atoms with Gasteiger partial charge < -0.3 is 20.5 Å². The van der Waals surface area contributed by atoms with Crippen molar-refractivity contribution in [1.29, 1.82) is 0 Å². The van der Waals surface area contributed by atoms with Crippen LogP contribution in [-0.2, 0) is 10.8 Å². The number of carbonyl (C=O) groups excluding carboxylic acids is 2. The molecule has 0 saturated heterocycles. The van der Waals surface area contributed by atoms with Gasteiger partial charge in [-0.25, -0.2) is 14.8 Å². The van der Waals surface area contributed by atoms with E-state index in [4.69, 9.17) is 4.74 Å². The molecule has 1 aromatic carbocycles. The molecule has 2 aliphatic carbocycles. The molecule has 3 aromatic heterocycles. The molecule has 0 spiro atoms. The molecule has 1 saturated carbocycles. The van der Waals surface area contributed by atoms with Crippen LogP contribution in [0.3, 0.4) is 0 Å². The van der Waals surface area contributed by atoms with E-state index in [0.29, 0.717) is 18.5 Å². The molecule has 4 N–H and O–H groups in total. The molecule has 248 valence electrons. The number of rotatable bonds is 7. The lowest BCUT2D eigenvalue weighted by atomic mass is 9.81. The molecular formula is C35H44N8O4. The number of ether oxygens (including phenoxy) is 1. The average molecular weight is 641 g/mol. The molecule has 0 unspecified atom stereocenters. The van der Waals surface area contributed by atoms with E-state index in [-0.39, 0.29) is 53.2 Å². The molecule has 3 amide bonds. The second kappa shape index (κ2) is 12.6. The maximum absolute atomic E-state index is 13.4. The molecule has 3 heterocycles. The Balaban J connectivity index is 1.16. The Morgan fingerprint density at radius 3 is 2.38 bits per heavy atom. The number of benzene rings is 1. The van der Waals surface area contributed by atoms with Crippen molar-refractivity contribution in [2.45, 2.75) is 96.2 Å². The van der Waals surface area contributed by atoms with E-state index in [1.807, 2.05) is 67.8 Å². The number of nitrogens with one attached hydrogen (secondary N) is 3. The number of anilines is 1. The van der Waals surface area contributed by atoms with Crippen molar-refractivity contribution in [1.82, 2.24) is 35.2 Å². The number of aromatic nitrogens is 5. The van der Waals surface area contributed by atoms with Crippen LogP contribution >= 0.6 is 0 Å². The molecule has 6 rings (SSSR count). The van der Waals surface area contributed by atoms with Gasteiger partial charge in [-0.3, -0.25) is 14.5 Å². The quantitative estimate of drug-likeness (QED) is 0.210. The number of pyridine rings is 1. The number of aliphatic hydroxyl groups excluding tert-OH is 1. The molecule has 2 atom stereocenters. The Kier molecular flexibility index (Phi) is 8.64. The second-order valence-electron chi connectivity index (χ2n) is 14.7. The number of fused-ring (bicyclic) bond motifs is 2. The fraction of sp³-hybridized carbons (Fsp3) is 0.486. The van der Waals surface area contributed by atoms with E-state index in [2.05, 4.69) is 56.9 Å². The molecule has 2 aliphatic rings. The topological polar surface area (TPSA) is 156 Å². The molecule has 1 fully saturated rings. The summed E-state index contributed by atoms with van der Waals surface area (Å²) >= 11 is 0. The summed E-state index contributed by atoms with van der Waals surface area (Å²) in [5.74, 6) is 1.64. The fourth-order valence-corrected chi connectivity index (χ4v) is 6.20. The van der Waals surface area contributed by atoms with Crippen LogP contribution in [0.2, 0.25) is 0 Å². The normalized spacial score (nSPS) is 21.0. The van der Waals surface area contributed by atoms with E-state index < -0.39 is 11.9 Å². The first-order valence-electron chi connectivity index (χ1n) is 16.3. The van der Waals surface area contributed by atoms with Gasteiger partial charge in [-0.05, 0) is 54.9 Å². The van der Waals surface area contributed by atoms with Gasteiger partial charge in [0.1, 0.15) is 23.5 Å². The number of urea groups is 1.